The molecule has 0 aliphatic carbocycles. The van der Waals surface area contributed by atoms with Crippen LogP contribution >= 0.6 is 35.0 Å². The van der Waals surface area contributed by atoms with Gasteiger partial charge in [-0.05, 0) is 63.1 Å². The molecule has 9 heteroatoms. The molecule has 0 bridgehead atoms. The highest BCUT2D eigenvalue weighted by Crippen LogP contribution is 2.27. The number of rotatable bonds is 9. The van der Waals surface area contributed by atoms with Crippen LogP contribution in [0.1, 0.15) is 25.8 Å². The maximum Gasteiger partial charge on any atom is 0.262 e. The molecule has 0 aliphatic heterocycles. The number of carbonyl (C=O) groups is 1. The summed E-state index contributed by atoms with van der Waals surface area (Å²) in [6, 6.07) is 10.4. The summed E-state index contributed by atoms with van der Waals surface area (Å²) in [6.07, 6.45) is 0.657. The summed E-state index contributed by atoms with van der Waals surface area (Å²) >= 11 is 13.5. The zero-order valence-corrected chi connectivity index (χ0v) is 20.5. The third kappa shape index (κ3) is 5.84. The van der Waals surface area contributed by atoms with Gasteiger partial charge in [0.2, 0.25) is 5.91 Å². The van der Waals surface area contributed by atoms with E-state index in [0.717, 1.165) is 5.56 Å². The molecule has 0 aliphatic rings. The minimum atomic E-state index is -0.505. The lowest BCUT2D eigenvalue weighted by Gasteiger charge is -2.17. The van der Waals surface area contributed by atoms with Gasteiger partial charge in [-0.25, -0.2) is 4.98 Å². The quantitative estimate of drug-likeness (QED) is 0.240. The van der Waals surface area contributed by atoms with Crippen LogP contribution in [0.5, 0.6) is 0 Å². The van der Waals surface area contributed by atoms with Crippen molar-refractivity contribution < 1.29 is 9.53 Å². The topological polar surface area (TPSA) is 73.2 Å². The molecule has 6 nitrogen and oxygen atoms in total. The van der Waals surface area contributed by atoms with E-state index in [9.17, 15) is 9.59 Å². The molecular formula is C23H25Cl2N3O3S. The Balaban J connectivity index is 1.88. The monoisotopic (exact) mass is 493 g/mol. The molecule has 32 heavy (non-hydrogen) atoms. The van der Waals surface area contributed by atoms with Crippen molar-refractivity contribution in [2.75, 3.05) is 18.5 Å². The Morgan fingerprint density at radius 1 is 1.28 bits per heavy atom. The van der Waals surface area contributed by atoms with E-state index in [4.69, 9.17) is 27.9 Å². The molecule has 2 aromatic carbocycles. The predicted octanol–water partition coefficient (Wildman–Crippen LogP) is 5.56. The van der Waals surface area contributed by atoms with Crippen LogP contribution in [0.4, 0.5) is 5.69 Å². The summed E-state index contributed by atoms with van der Waals surface area (Å²) in [5.41, 5.74) is 1.79. The number of amides is 1. The van der Waals surface area contributed by atoms with E-state index in [-0.39, 0.29) is 11.5 Å². The van der Waals surface area contributed by atoms with Crippen LogP contribution < -0.4 is 10.9 Å². The molecular weight excluding hydrogens is 469 g/mol. The number of halogens is 2. The number of carbonyl (C=O) groups excluding carboxylic acids is 1. The van der Waals surface area contributed by atoms with Gasteiger partial charge in [0.1, 0.15) is 0 Å². The van der Waals surface area contributed by atoms with Crippen molar-refractivity contribution in [3.05, 3.63) is 62.4 Å². The summed E-state index contributed by atoms with van der Waals surface area (Å²) in [6.45, 7) is 7.14. The number of hydrogen-bond acceptors (Lipinski definition) is 5. The minimum absolute atomic E-state index is 0.163. The first kappa shape index (κ1) is 24.6. The van der Waals surface area contributed by atoms with E-state index in [2.05, 4.69) is 10.3 Å². The Morgan fingerprint density at radius 3 is 2.81 bits per heavy atom. The van der Waals surface area contributed by atoms with Crippen LogP contribution in [-0.4, -0.2) is 33.9 Å². The van der Waals surface area contributed by atoms with Gasteiger partial charge in [0, 0.05) is 35.5 Å². The Bertz CT molecular complexity index is 1180. The van der Waals surface area contributed by atoms with E-state index >= 15 is 0 Å². The molecule has 0 fully saturated rings. The fourth-order valence-corrected chi connectivity index (χ4v) is 4.39. The van der Waals surface area contributed by atoms with Gasteiger partial charge in [-0.3, -0.25) is 14.2 Å². The maximum atomic E-state index is 13.2. The van der Waals surface area contributed by atoms with Crippen molar-refractivity contribution in [1.29, 1.82) is 0 Å². The molecule has 3 aromatic rings. The second-order valence-corrected chi connectivity index (χ2v) is 9.38. The Hall–Kier alpha value is -2.06. The second-order valence-electron chi connectivity index (χ2n) is 7.22. The molecule has 0 unspecified atom stereocenters. The molecule has 3 rings (SSSR count). The predicted molar refractivity (Wildman–Crippen MR) is 132 cm³/mol. The summed E-state index contributed by atoms with van der Waals surface area (Å²) in [5.74, 6) is -0.207. The van der Waals surface area contributed by atoms with Gasteiger partial charge in [-0.15, -0.1) is 0 Å². The number of ether oxygens (including phenoxy) is 1. The number of nitrogens with one attached hydrogen (secondary N) is 1. The number of aromatic nitrogens is 2. The van der Waals surface area contributed by atoms with Crippen molar-refractivity contribution in [2.45, 2.75) is 44.1 Å². The van der Waals surface area contributed by atoms with Crippen molar-refractivity contribution in [2.24, 2.45) is 0 Å². The zero-order valence-electron chi connectivity index (χ0n) is 18.2. The fraction of sp³-hybridized carbons (Fsp3) is 0.348. The number of nitrogens with zero attached hydrogens (tertiary/aromatic N) is 2. The van der Waals surface area contributed by atoms with Crippen molar-refractivity contribution >= 4 is 57.5 Å². The van der Waals surface area contributed by atoms with Gasteiger partial charge in [-0.2, -0.15) is 0 Å². The second kappa shape index (κ2) is 11.2. The number of benzene rings is 2. The highest BCUT2D eigenvalue weighted by molar-refractivity contribution is 8.00. The maximum absolute atomic E-state index is 13.2. The van der Waals surface area contributed by atoms with Crippen LogP contribution in [0.3, 0.4) is 0 Å². The molecule has 0 radical (unpaired) electrons. The number of thioether (sulfide) groups is 1. The third-order valence-corrected chi connectivity index (χ3v) is 6.67. The van der Waals surface area contributed by atoms with Gasteiger partial charge in [-0.1, -0.05) is 41.0 Å². The van der Waals surface area contributed by atoms with Gasteiger partial charge in [0.05, 0.1) is 16.2 Å². The van der Waals surface area contributed by atoms with Crippen LogP contribution in [0.25, 0.3) is 10.9 Å². The van der Waals surface area contributed by atoms with Crippen molar-refractivity contribution in [3.63, 3.8) is 0 Å². The van der Waals surface area contributed by atoms with Crippen LogP contribution in [-0.2, 0) is 16.1 Å². The van der Waals surface area contributed by atoms with Crippen LogP contribution in [0.2, 0.25) is 10.0 Å². The van der Waals surface area contributed by atoms with Crippen LogP contribution in [0, 0.1) is 6.92 Å². The van der Waals surface area contributed by atoms with Gasteiger partial charge < -0.3 is 10.1 Å². The average Bonchev–Trinajstić information content (AvgIpc) is 2.75. The SMILES string of the molecule is CCOCCCn1c(S[C@H](C)C(=O)Nc2cccc(Cl)c2C)nc2cc(Cl)ccc2c1=O. The highest BCUT2D eigenvalue weighted by atomic mass is 35.5. The largest absolute Gasteiger partial charge is 0.382 e. The number of fused-ring (bicyclic) bond motifs is 1. The van der Waals surface area contributed by atoms with Gasteiger partial charge in [0.25, 0.3) is 5.56 Å². The highest BCUT2D eigenvalue weighted by Gasteiger charge is 2.20. The zero-order chi connectivity index (χ0) is 23.3. The molecule has 170 valence electrons. The fourth-order valence-electron chi connectivity index (χ4n) is 3.12. The minimum Gasteiger partial charge on any atom is -0.382 e. The Morgan fingerprint density at radius 2 is 2.06 bits per heavy atom. The Labute approximate surface area is 201 Å². The van der Waals surface area contributed by atoms with Gasteiger partial charge in [0.15, 0.2) is 5.16 Å². The Kier molecular flexibility index (Phi) is 8.59. The van der Waals surface area contributed by atoms with Crippen molar-refractivity contribution in [3.8, 4) is 0 Å². The van der Waals surface area contributed by atoms with Crippen LogP contribution in [0.15, 0.2) is 46.3 Å². The lowest BCUT2D eigenvalue weighted by atomic mass is 10.2. The standard InChI is InChI=1S/C23H25Cl2N3O3S/c1-4-31-12-6-11-28-22(30)17-10-9-16(24)13-20(17)27-23(28)32-15(3)21(29)26-19-8-5-7-18(25)14(19)2/h5,7-10,13,15H,4,6,11-12H2,1-3H3,(H,26,29)/t15-/m1/s1. The molecule has 0 spiro atoms. The van der Waals surface area contributed by atoms with E-state index in [0.29, 0.717) is 58.0 Å². The molecule has 0 saturated heterocycles. The first-order chi connectivity index (χ1) is 15.3. The molecule has 0 saturated carbocycles. The smallest absolute Gasteiger partial charge is 0.262 e. The average molecular weight is 494 g/mol. The summed E-state index contributed by atoms with van der Waals surface area (Å²) in [7, 11) is 0. The van der Waals surface area contributed by atoms with E-state index in [1.807, 2.05) is 13.8 Å². The van der Waals surface area contributed by atoms with E-state index in [1.165, 1.54) is 11.8 Å². The normalized spacial score (nSPS) is 12.2. The molecule has 1 amide bonds. The summed E-state index contributed by atoms with van der Waals surface area (Å²) < 4.78 is 7.02. The van der Waals surface area contributed by atoms with E-state index < -0.39 is 5.25 Å². The molecule has 1 N–H and O–H groups in total. The molecule has 1 atom stereocenters. The van der Waals surface area contributed by atoms with E-state index in [1.54, 1.807) is 47.9 Å². The first-order valence-corrected chi connectivity index (χ1v) is 12.0. The van der Waals surface area contributed by atoms with Crippen molar-refractivity contribution in [1.82, 2.24) is 9.55 Å². The molecule has 1 heterocycles. The first-order valence-electron chi connectivity index (χ1n) is 10.3. The summed E-state index contributed by atoms with van der Waals surface area (Å²) in [5, 5.41) is 4.44. The lowest BCUT2D eigenvalue weighted by Crippen LogP contribution is -2.27. The lowest BCUT2D eigenvalue weighted by molar-refractivity contribution is -0.115. The summed E-state index contributed by atoms with van der Waals surface area (Å²) in [4.78, 5) is 30.7. The molecule has 1 aromatic heterocycles. The number of hydrogen-bond donors (Lipinski definition) is 1. The third-order valence-electron chi connectivity index (χ3n) is 4.93. The number of anilines is 1. The van der Waals surface area contributed by atoms with Gasteiger partial charge >= 0.3 is 0 Å².